The van der Waals surface area contributed by atoms with Gasteiger partial charge < -0.3 is 9.64 Å². The van der Waals surface area contributed by atoms with Crippen LogP contribution in [-0.4, -0.2) is 62.4 Å². The van der Waals surface area contributed by atoms with Crippen molar-refractivity contribution in [2.75, 3.05) is 37.4 Å². The normalized spacial score (nSPS) is 23.6. The van der Waals surface area contributed by atoms with Crippen LogP contribution in [0, 0.1) is 0 Å². The maximum absolute atomic E-state index is 12.0. The first-order valence-corrected chi connectivity index (χ1v) is 9.25. The van der Waals surface area contributed by atoms with Crippen LogP contribution in [0.1, 0.15) is 6.92 Å². The zero-order valence-electron chi connectivity index (χ0n) is 12.4. The lowest BCUT2D eigenvalue weighted by Crippen LogP contribution is -2.47. The van der Waals surface area contributed by atoms with E-state index in [0.717, 1.165) is 24.2 Å². The van der Waals surface area contributed by atoms with Crippen molar-refractivity contribution in [3.05, 3.63) is 18.3 Å². The Hall–Kier alpha value is -0.700. The van der Waals surface area contributed by atoms with Gasteiger partial charge in [0.15, 0.2) is 0 Å². The highest BCUT2D eigenvalue weighted by molar-refractivity contribution is 9.09. The number of aromatic nitrogens is 1. The standard InChI is InChI=1S/C13H20BrN3O3S/c1-10-8-17(9-11(6-14)20-10)13-5-4-12(7-15-13)21(18,19)16(2)3/h4-5,7,10-11H,6,8-9H2,1-3H3. The Balaban J connectivity index is 2.19. The maximum Gasteiger partial charge on any atom is 0.244 e. The van der Waals surface area contributed by atoms with Crippen LogP contribution in [-0.2, 0) is 14.8 Å². The number of nitrogens with zero attached hydrogens (tertiary/aromatic N) is 3. The monoisotopic (exact) mass is 377 g/mol. The molecule has 0 amide bonds. The van der Waals surface area contributed by atoms with E-state index in [1.54, 1.807) is 12.1 Å². The molecule has 118 valence electrons. The number of pyridine rings is 1. The SMILES string of the molecule is CC1CN(c2ccc(S(=O)(=O)N(C)C)cn2)CC(CBr)O1. The minimum atomic E-state index is -3.43. The predicted molar refractivity (Wildman–Crippen MR) is 85.5 cm³/mol. The maximum atomic E-state index is 12.0. The van der Waals surface area contributed by atoms with E-state index in [1.165, 1.54) is 24.6 Å². The van der Waals surface area contributed by atoms with E-state index in [2.05, 4.69) is 25.8 Å². The van der Waals surface area contributed by atoms with Crippen molar-refractivity contribution in [3.8, 4) is 0 Å². The molecule has 1 aromatic heterocycles. The Labute approximate surface area is 134 Å². The molecule has 2 heterocycles. The van der Waals surface area contributed by atoms with E-state index < -0.39 is 10.0 Å². The van der Waals surface area contributed by atoms with Gasteiger partial charge in [0.1, 0.15) is 10.7 Å². The highest BCUT2D eigenvalue weighted by Gasteiger charge is 2.26. The minimum Gasteiger partial charge on any atom is -0.371 e. The van der Waals surface area contributed by atoms with Crippen LogP contribution >= 0.6 is 15.9 Å². The Morgan fingerprint density at radius 3 is 2.67 bits per heavy atom. The molecule has 1 saturated heterocycles. The summed E-state index contributed by atoms with van der Waals surface area (Å²) in [5.74, 6) is 0.772. The van der Waals surface area contributed by atoms with Gasteiger partial charge in [-0.05, 0) is 19.1 Å². The van der Waals surface area contributed by atoms with Crippen LogP contribution in [0.2, 0.25) is 0 Å². The second kappa shape index (κ2) is 6.60. The third kappa shape index (κ3) is 3.74. The lowest BCUT2D eigenvalue weighted by Gasteiger charge is -2.36. The van der Waals surface area contributed by atoms with Crippen molar-refractivity contribution < 1.29 is 13.2 Å². The quantitative estimate of drug-likeness (QED) is 0.740. The fraction of sp³-hybridized carbons (Fsp3) is 0.615. The van der Waals surface area contributed by atoms with E-state index in [1.807, 2.05) is 6.92 Å². The third-order valence-corrected chi connectivity index (χ3v) is 5.84. The van der Waals surface area contributed by atoms with E-state index in [9.17, 15) is 8.42 Å². The Morgan fingerprint density at radius 2 is 2.14 bits per heavy atom. The fourth-order valence-electron chi connectivity index (χ4n) is 2.24. The van der Waals surface area contributed by atoms with Crippen LogP contribution in [0.4, 0.5) is 5.82 Å². The summed E-state index contributed by atoms with van der Waals surface area (Å²) in [6.45, 7) is 3.51. The van der Waals surface area contributed by atoms with Gasteiger partial charge in [-0.15, -0.1) is 0 Å². The summed E-state index contributed by atoms with van der Waals surface area (Å²) in [4.78, 5) is 6.62. The molecule has 0 radical (unpaired) electrons. The molecule has 1 fully saturated rings. The van der Waals surface area contributed by atoms with Gasteiger partial charge in [0.25, 0.3) is 0 Å². The summed E-state index contributed by atoms with van der Waals surface area (Å²) in [5.41, 5.74) is 0. The average Bonchev–Trinajstić information content (AvgIpc) is 2.46. The molecule has 6 nitrogen and oxygen atoms in total. The van der Waals surface area contributed by atoms with E-state index in [-0.39, 0.29) is 17.1 Å². The smallest absolute Gasteiger partial charge is 0.244 e. The molecule has 1 aliphatic rings. The Bertz CT molecular complexity index is 577. The van der Waals surface area contributed by atoms with Gasteiger partial charge in [-0.25, -0.2) is 17.7 Å². The molecule has 2 atom stereocenters. The Kier molecular flexibility index (Phi) is 5.24. The van der Waals surface area contributed by atoms with Gasteiger partial charge in [0, 0.05) is 38.7 Å². The molecule has 2 unspecified atom stereocenters. The zero-order valence-corrected chi connectivity index (χ0v) is 14.8. The van der Waals surface area contributed by atoms with Crippen LogP contribution in [0.5, 0.6) is 0 Å². The highest BCUT2D eigenvalue weighted by Crippen LogP contribution is 2.21. The van der Waals surface area contributed by atoms with Crippen molar-refractivity contribution in [3.63, 3.8) is 0 Å². The van der Waals surface area contributed by atoms with Gasteiger partial charge in [0.2, 0.25) is 10.0 Å². The highest BCUT2D eigenvalue weighted by atomic mass is 79.9. The molecular weight excluding hydrogens is 358 g/mol. The molecule has 8 heteroatoms. The third-order valence-electron chi connectivity index (χ3n) is 3.32. The molecule has 1 aromatic rings. The van der Waals surface area contributed by atoms with Crippen molar-refractivity contribution in [2.24, 2.45) is 0 Å². The van der Waals surface area contributed by atoms with Gasteiger partial charge in [-0.3, -0.25) is 0 Å². The lowest BCUT2D eigenvalue weighted by molar-refractivity contribution is -0.00223. The van der Waals surface area contributed by atoms with E-state index in [0.29, 0.717) is 0 Å². The predicted octanol–water partition coefficient (Wildman–Crippen LogP) is 1.32. The molecule has 0 N–H and O–H groups in total. The number of anilines is 1. The number of ether oxygens (including phenoxy) is 1. The van der Waals surface area contributed by atoms with Crippen LogP contribution in [0.3, 0.4) is 0 Å². The number of hydrogen-bond acceptors (Lipinski definition) is 5. The van der Waals surface area contributed by atoms with E-state index >= 15 is 0 Å². The van der Waals surface area contributed by atoms with Gasteiger partial charge in [0.05, 0.1) is 12.2 Å². The number of halogens is 1. The van der Waals surface area contributed by atoms with E-state index in [4.69, 9.17) is 4.74 Å². The molecule has 21 heavy (non-hydrogen) atoms. The van der Waals surface area contributed by atoms with Crippen molar-refractivity contribution in [1.82, 2.24) is 9.29 Å². The second-order valence-corrected chi connectivity index (χ2v) is 8.07. The molecule has 2 rings (SSSR count). The first kappa shape index (κ1) is 16.7. The summed E-state index contributed by atoms with van der Waals surface area (Å²) in [6.07, 6.45) is 1.64. The summed E-state index contributed by atoms with van der Waals surface area (Å²) < 4.78 is 31.0. The van der Waals surface area contributed by atoms with Gasteiger partial charge in [-0.2, -0.15) is 0 Å². The summed E-state index contributed by atoms with van der Waals surface area (Å²) in [6, 6.07) is 3.35. The first-order chi connectivity index (χ1) is 9.84. The average molecular weight is 378 g/mol. The number of sulfonamides is 1. The topological polar surface area (TPSA) is 62.7 Å². The molecule has 0 spiro atoms. The summed E-state index contributed by atoms with van der Waals surface area (Å²) in [7, 11) is -0.416. The van der Waals surface area contributed by atoms with Crippen LogP contribution in [0.15, 0.2) is 23.2 Å². The second-order valence-electron chi connectivity index (χ2n) is 5.27. The molecular formula is C13H20BrN3O3S. The zero-order chi connectivity index (χ0) is 15.6. The number of morpholine rings is 1. The van der Waals surface area contributed by atoms with Crippen LogP contribution in [0.25, 0.3) is 0 Å². The first-order valence-electron chi connectivity index (χ1n) is 6.69. The number of hydrogen-bond donors (Lipinski definition) is 0. The molecule has 0 bridgehead atoms. The van der Waals surface area contributed by atoms with Crippen LogP contribution < -0.4 is 4.90 Å². The number of rotatable bonds is 4. The Morgan fingerprint density at radius 1 is 1.43 bits per heavy atom. The van der Waals surface area contributed by atoms with Gasteiger partial charge in [-0.1, -0.05) is 15.9 Å². The fourth-order valence-corrected chi connectivity index (χ4v) is 3.45. The van der Waals surface area contributed by atoms with Gasteiger partial charge >= 0.3 is 0 Å². The molecule has 1 aliphatic heterocycles. The summed E-state index contributed by atoms with van der Waals surface area (Å²) >= 11 is 3.44. The van der Waals surface area contributed by atoms with Crippen molar-refractivity contribution >= 4 is 31.8 Å². The van der Waals surface area contributed by atoms with Crippen molar-refractivity contribution in [1.29, 1.82) is 0 Å². The lowest BCUT2D eigenvalue weighted by atomic mass is 10.2. The molecule has 0 aromatic carbocycles. The molecule has 0 aliphatic carbocycles. The largest absolute Gasteiger partial charge is 0.371 e. The van der Waals surface area contributed by atoms with Crippen molar-refractivity contribution in [2.45, 2.75) is 24.0 Å². The molecule has 0 saturated carbocycles. The summed E-state index contributed by atoms with van der Waals surface area (Å²) in [5, 5.41) is 0.765. The number of alkyl halides is 1. The minimum absolute atomic E-state index is 0.112.